The zero-order chi connectivity index (χ0) is 16.5. The molecule has 0 aliphatic carbocycles. The van der Waals surface area contributed by atoms with Gasteiger partial charge in [0, 0.05) is 11.6 Å². The zero-order valence-electron chi connectivity index (χ0n) is 12.8. The fourth-order valence-electron chi connectivity index (χ4n) is 2.08. The van der Waals surface area contributed by atoms with Crippen molar-refractivity contribution in [2.24, 2.45) is 0 Å². The standard InChI is InChI=1S/C10H13N3.C7H5ClO2/c1-2-3-5-8-6-4-7-9-10(8)12-13-11-9;8-7(9)10-6-4-2-1-3-5-6/h4,6-7H,2-3,5H2,1H3,(H,11,12,13);1-5H. The van der Waals surface area contributed by atoms with Gasteiger partial charge in [0.2, 0.25) is 0 Å². The Morgan fingerprint density at radius 2 is 1.91 bits per heavy atom. The Kier molecular flexibility index (Phi) is 6.56. The number of carbonyl (C=O) groups is 1. The molecular weight excluding hydrogens is 314 g/mol. The highest BCUT2D eigenvalue weighted by Crippen LogP contribution is 2.15. The SMILES string of the molecule is CCCCc1cccc2n[nH]nc12.O=C(Cl)Oc1ccccc1. The first kappa shape index (κ1) is 17.0. The Balaban J connectivity index is 0.000000174. The van der Waals surface area contributed by atoms with Gasteiger partial charge in [-0.05, 0) is 36.6 Å². The maximum Gasteiger partial charge on any atom is 0.409 e. The van der Waals surface area contributed by atoms with Crippen LogP contribution in [0, 0.1) is 0 Å². The number of unbranched alkanes of at least 4 members (excludes halogenated alkanes) is 1. The molecule has 0 unspecified atom stereocenters. The summed E-state index contributed by atoms with van der Waals surface area (Å²) in [5.41, 5.74) is 2.48. The largest absolute Gasteiger partial charge is 0.415 e. The first-order valence-corrected chi connectivity index (χ1v) is 7.79. The predicted octanol–water partition coefficient (Wildman–Crippen LogP) is 4.72. The number of H-pyrrole nitrogens is 1. The van der Waals surface area contributed by atoms with Gasteiger partial charge in [0.1, 0.15) is 16.8 Å². The van der Waals surface area contributed by atoms with Crippen LogP contribution in [0.3, 0.4) is 0 Å². The van der Waals surface area contributed by atoms with E-state index in [1.807, 2.05) is 18.2 Å². The number of hydrogen-bond acceptors (Lipinski definition) is 4. The number of aromatic nitrogens is 3. The molecular formula is C17H18ClN3O2. The van der Waals surface area contributed by atoms with E-state index < -0.39 is 5.43 Å². The highest BCUT2D eigenvalue weighted by Gasteiger charge is 2.02. The number of nitrogens with zero attached hydrogens (tertiary/aromatic N) is 2. The molecule has 1 N–H and O–H groups in total. The molecule has 0 bridgehead atoms. The predicted molar refractivity (Wildman–Crippen MR) is 90.8 cm³/mol. The van der Waals surface area contributed by atoms with E-state index in [2.05, 4.69) is 33.1 Å². The molecule has 0 atom stereocenters. The number of fused-ring (bicyclic) bond motifs is 1. The van der Waals surface area contributed by atoms with Crippen molar-refractivity contribution < 1.29 is 9.53 Å². The Morgan fingerprint density at radius 1 is 1.13 bits per heavy atom. The maximum atomic E-state index is 10.2. The molecule has 23 heavy (non-hydrogen) atoms. The van der Waals surface area contributed by atoms with Crippen molar-refractivity contribution in [1.29, 1.82) is 0 Å². The second-order valence-corrected chi connectivity index (χ2v) is 5.17. The maximum absolute atomic E-state index is 10.2. The molecule has 0 aliphatic heterocycles. The van der Waals surface area contributed by atoms with Crippen molar-refractivity contribution in [3.8, 4) is 5.75 Å². The lowest BCUT2D eigenvalue weighted by Crippen LogP contribution is -1.94. The summed E-state index contributed by atoms with van der Waals surface area (Å²) in [4.78, 5) is 10.2. The molecule has 0 radical (unpaired) electrons. The van der Waals surface area contributed by atoms with Gasteiger partial charge >= 0.3 is 5.43 Å². The van der Waals surface area contributed by atoms with Crippen LogP contribution in [0.15, 0.2) is 48.5 Å². The summed E-state index contributed by atoms with van der Waals surface area (Å²) in [7, 11) is 0. The van der Waals surface area contributed by atoms with Crippen molar-refractivity contribution in [2.45, 2.75) is 26.2 Å². The van der Waals surface area contributed by atoms with Crippen LogP contribution in [0.25, 0.3) is 11.0 Å². The molecule has 3 aromatic rings. The third-order valence-corrected chi connectivity index (χ3v) is 3.25. The number of ether oxygens (including phenoxy) is 1. The number of carbonyl (C=O) groups excluding carboxylic acids is 1. The van der Waals surface area contributed by atoms with Crippen molar-refractivity contribution in [3.63, 3.8) is 0 Å². The van der Waals surface area contributed by atoms with Crippen LogP contribution in [-0.4, -0.2) is 20.8 Å². The van der Waals surface area contributed by atoms with Gasteiger partial charge < -0.3 is 4.74 Å². The average molecular weight is 332 g/mol. The second-order valence-electron chi connectivity index (χ2n) is 4.86. The molecule has 3 rings (SSSR count). The molecule has 1 heterocycles. The van der Waals surface area contributed by atoms with Crippen LogP contribution in [0.4, 0.5) is 4.79 Å². The van der Waals surface area contributed by atoms with Crippen LogP contribution < -0.4 is 4.74 Å². The number of rotatable bonds is 4. The fraction of sp³-hybridized carbons (Fsp3) is 0.235. The molecule has 0 aliphatic rings. The minimum Gasteiger partial charge on any atom is -0.415 e. The number of aromatic amines is 1. The highest BCUT2D eigenvalue weighted by atomic mass is 35.5. The lowest BCUT2D eigenvalue weighted by atomic mass is 10.1. The third-order valence-electron chi connectivity index (χ3n) is 3.17. The molecule has 2 aromatic carbocycles. The van der Waals surface area contributed by atoms with Gasteiger partial charge in [0.25, 0.3) is 0 Å². The number of benzene rings is 2. The van der Waals surface area contributed by atoms with Crippen LogP contribution >= 0.6 is 11.6 Å². The van der Waals surface area contributed by atoms with Crippen molar-refractivity contribution >= 4 is 28.1 Å². The molecule has 1 aromatic heterocycles. The Morgan fingerprint density at radius 3 is 2.61 bits per heavy atom. The minimum absolute atomic E-state index is 0.461. The Hall–Kier alpha value is -2.40. The number of hydrogen-bond donors (Lipinski definition) is 1. The zero-order valence-corrected chi connectivity index (χ0v) is 13.6. The molecule has 0 saturated heterocycles. The van der Waals surface area contributed by atoms with Gasteiger partial charge in [-0.2, -0.15) is 15.4 Å². The highest BCUT2D eigenvalue weighted by molar-refractivity contribution is 6.61. The van der Waals surface area contributed by atoms with E-state index in [4.69, 9.17) is 11.6 Å². The smallest absolute Gasteiger partial charge is 0.409 e. The molecule has 120 valence electrons. The van der Waals surface area contributed by atoms with Crippen molar-refractivity contribution in [1.82, 2.24) is 15.4 Å². The topological polar surface area (TPSA) is 67.9 Å². The summed E-state index contributed by atoms with van der Waals surface area (Å²) in [6, 6.07) is 14.8. The second kappa shape index (κ2) is 8.90. The summed E-state index contributed by atoms with van der Waals surface area (Å²) < 4.78 is 4.54. The first-order chi connectivity index (χ1) is 11.2. The van der Waals surface area contributed by atoms with Crippen LogP contribution in [0.2, 0.25) is 0 Å². The number of aryl methyl sites for hydroxylation is 1. The molecule has 0 spiro atoms. The summed E-state index contributed by atoms with van der Waals surface area (Å²) in [5, 5.41) is 10.8. The lowest BCUT2D eigenvalue weighted by molar-refractivity contribution is 0.225. The van der Waals surface area contributed by atoms with Gasteiger partial charge in [0.15, 0.2) is 0 Å². The van der Waals surface area contributed by atoms with E-state index in [1.165, 1.54) is 18.4 Å². The van der Waals surface area contributed by atoms with Gasteiger partial charge in [-0.15, -0.1) is 0 Å². The van der Waals surface area contributed by atoms with Crippen molar-refractivity contribution in [2.75, 3.05) is 0 Å². The van der Waals surface area contributed by atoms with Crippen LogP contribution in [0.1, 0.15) is 25.3 Å². The van der Waals surface area contributed by atoms with Gasteiger partial charge in [-0.1, -0.05) is 43.7 Å². The Bertz CT molecular complexity index is 744. The van der Waals surface area contributed by atoms with Crippen molar-refractivity contribution in [3.05, 3.63) is 54.1 Å². The third kappa shape index (κ3) is 5.38. The average Bonchev–Trinajstić information content (AvgIpc) is 3.03. The number of para-hydroxylation sites is 2. The van der Waals surface area contributed by atoms with Gasteiger partial charge in [-0.25, -0.2) is 4.79 Å². The normalized spacial score (nSPS) is 10.0. The van der Waals surface area contributed by atoms with Gasteiger partial charge in [-0.3, -0.25) is 0 Å². The van der Waals surface area contributed by atoms with E-state index in [-0.39, 0.29) is 0 Å². The van der Waals surface area contributed by atoms with E-state index >= 15 is 0 Å². The summed E-state index contributed by atoms with van der Waals surface area (Å²) in [5.74, 6) is 0.461. The first-order valence-electron chi connectivity index (χ1n) is 7.41. The molecule has 0 amide bonds. The monoisotopic (exact) mass is 331 g/mol. The van der Waals surface area contributed by atoms with E-state index in [1.54, 1.807) is 24.3 Å². The molecule has 6 heteroatoms. The fourth-order valence-corrected chi connectivity index (χ4v) is 2.17. The van der Waals surface area contributed by atoms with E-state index in [0.717, 1.165) is 17.5 Å². The van der Waals surface area contributed by atoms with Crippen LogP contribution in [0.5, 0.6) is 5.75 Å². The quantitative estimate of drug-likeness (QED) is 0.702. The minimum atomic E-state index is -0.814. The molecule has 5 nitrogen and oxygen atoms in total. The Labute approximate surface area is 139 Å². The molecule has 0 saturated carbocycles. The van der Waals surface area contributed by atoms with E-state index in [9.17, 15) is 4.79 Å². The summed E-state index contributed by atoms with van der Waals surface area (Å²) in [6.07, 6.45) is 3.53. The van der Waals surface area contributed by atoms with E-state index in [0.29, 0.717) is 5.75 Å². The summed E-state index contributed by atoms with van der Waals surface area (Å²) in [6.45, 7) is 2.20. The molecule has 0 fully saturated rings. The summed E-state index contributed by atoms with van der Waals surface area (Å²) >= 11 is 4.95. The number of halogens is 1. The van der Waals surface area contributed by atoms with Crippen LogP contribution in [-0.2, 0) is 6.42 Å². The lowest BCUT2D eigenvalue weighted by Gasteiger charge is -1.98. The van der Waals surface area contributed by atoms with Gasteiger partial charge in [0.05, 0.1) is 0 Å². The number of nitrogens with one attached hydrogen (secondary N) is 1.